The van der Waals surface area contributed by atoms with Crippen molar-refractivity contribution in [1.29, 1.82) is 0 Å². The van der Waals surface area contributed by atoms with Crippen molar-refractivity contribution in [2.75, 3.05) is 0 Å². The largest absolute Gasteiger partial charge is 0.457 e. The molecule has 0 fully saturated rings. The predicted molar refractivity (Wildman–Crippen MR) is 74.1 cm³/mol. The molecular formula is C16H18O3. The van der Waals surface area contributed by atoms with Crippen LogP contribution in [0.15, 0.2) is 48.5 Å². The molecule has 2 aromatic rings. The fourth-order valence-electron chi connectivity index (χ4n) is 1.84. The number of ether oxygens (including phenoxy) is 1. The summed E-state index contributed by atoms with van der Waals surface area (Å²) in [4.78, 5) is 0. The van der Waals surface area contributed by atoms with Gasteiger partial charge < -0.3 is 14.9 Å². The summed E-state index contributed by atoms with van der Waals surface area (Å²) < 4.78 is 5.70. The van der Waals surface area contributed by atoms with Gasteiger partial charge in [-0.05, 0) is 41.8 Å². The molecule has 0 unspecified atom stereocenters. The maximum Gasteiger partial charge on any atom is 0.127 e. The Hall–Kier alpha value is -1.84. The van der Waals surface area contributed by atoms with Gasteiger partial charge in [-0.3, -0.25) is 0 Å². The Kier molecular flexibility index (Phi) is 4.55. The molecule has 0 amide bonds. The minimum absolute atomic E-state index is 0.00116. The highest BCUT2D eigenvalue weighted by Crippen LogP contribution is 2.25. The zero-order valence-electron chi connectivity index (χ0n) is 10.9. The minimum atomic E-state index is -0.424. The number of aliphatic hydroxyl groups is 2. The second-order valence-electron chi connectivity index (χ2n) is 4.40. The van der Waals surface area contributed by atoms with Gasteiger partial charge in [-0.2, -0.15) is 0 Å². The number of hydrogen-bond donors (Lipinski definition) is 2. The van der Waals surface area contributed by atoms with Crippen LogP contribution < -0.4 is 4.74 Å². The van der Waals surface area contributed by atoms with Gasteiger partial charge in [0, 0.05) is 0 Å². The van der Waals surface area contributed by atoms with Crippen LogP contribution in [0.3, 0.4) is 0 Å². The van der Waals surface area contributed by atoms with Crippen LogP contribution in [-0.2, 0) is 6.61 Å². The Labute approximate surface area is 113 Å². The molecule has 0 saturated carbocycles. The summed E-state index contributed by atoms with van der Waals surface area (Å²) in [6, 6.07) is 14.7. The lowest BCUT2D eigenvalue weighted by molar-refractivity contribution is 0.173. The summed E-state index contributed by atoms with van der Waals surface area (Å²) >= 11 is 0. The Bertz CT molecular complexity index is 520. The maximum absolute atomic E-state index is 9.71. The molecule has 100 valence electrons. The molecule has 2 rings (SSSR count). The molecule has 0 bridgehead atoms. The van der Waals surface area contributed by atoms with Crippen molar-refractivity contribution < 1.29 is 14.9 Å². The molecule has 3 nitrogen and oxygen atoms in total. The van der Waals surface area contributed by atoms with Crippen molar-refractivity contribution >= 4 is 0 Å². The van der Waals surface area contributed by atoms with E-state index in [2.05, 4.69) is 0 Å². The second-order valence-corrected chi connectivity index (χ2v) is 4.40. The first kappa shape index (κ1) is 13.6. The molecule has 0 spiro atoms. The summed E-state index contributed by atoms with van der Waals surface area (Å²) in [5.74, 6) is 1.40. The average molecular weight is 258 g/mol. The van der Waals surface area contributed by atoms with E-state index in [9.17, 15) is 5.11 Å². The minimum Gasteiger partial charge on any atom is -0.457 e. The van der Waals surface area contributed by atoms with Crippen LogP contribution in [0.4, 0.5) is 0 Å². The van der Waals surface area contributed by atoms with Gasteiger partial charge in [-0.25, -0.2) is 0 Å². The van der Waals surface area contributed by atoms with E-state index < -0.39 is 6.10 Å². The Balaban J connectivity index is 2.10. The summed E-state index contributed by atoms with van der Waals surface area (Å²) in [6.07, 6.45) is 0.269. The molecule has 3 heteroatoms. The first-order chi connectivity index (χ1) is 9.22. The van der Waals surface area contributed by atoms with E-state index in [-0.39, 0.29) is 6.61 Å². The van der Waals surface area contributed by atoms with Crippen molar-refractivity contribution in [3.63, 3.8) is 0 Å². The van der Waals surface area contributed by atoms with E-state index in [4.69, 9.17) is 9.84 Å². The summed E-state index contributed by atoms with van der Waals surface area (Å²) in [5.41, 5.74) is 1.70. The van der Waals surface area contributed by atoms with Gasteiger partial charge in [0.05, 0.1) is 12.7 Å². The van der Waals surface area contributed by atoms with E-state index in [1.54, 1.807) is 6.07 Å². The van der Waals surface area contributed by atoms with Crippen LogP contribution >= 0.6 is 0 Å². The SMILES string of the molecule is CC[C@@H](O)c1ccc(Oc2cccc(CO)c2)cc1. The third-order valence-electron chi connectivity index (χ3n) is 2.97. The van der Waals surface area contributed by atoms with Gasteiger partial charge in [0.25, 0.3) is 0 Å². The molecule has 0 aromatic heterocycles. The van der Waals surface area contributed by atoms with Crippen LogP contribution in [0.2, 0.25) is 0 Å². The molecule has 0 aliphatic heterocycles. The number of hydrogen-bond acceptors (Lipinski definition) is 3. The van der Waals surface area contributed by atoms with E-state index in [0.29, 0.717) is 17.9 Å². The summed E-state index contributed by atoms with van der Waals surface area (Å²) in [5, 5.41) is 18.8. The molecule has 0 aliphatic carbocycles. The molecule has 0 heterocycles. The van der Waals surface area contributed by atoms with Crippen molar-refractivity contribution in [2.45, 2.75) is 26.1 Å². The first-order valence-corrected chi connectivity index (χ1v) is 6.38. The highest BCUT2D eigenvalue weighted by molar-refractivity contribution is 5.35. The Morgan fingerprint density at radius 2 is 1.79 bits per heavy atom. The molecule has 1 atom stereocenters. The first-order valence-electron chi connectivity index (χ1n) is 6.38. The van der Waals surface area contributed by atoms with E-state index >= 15 is 0 Å². The van der Waals surface area contributed by atoms with Crippen LogP contribution in [-0.4, -0.2) is 10.2 Å². The van der Waals surface area contributed by atoms with Crippen LogP contribution in [0.5, 0.6) is 11.5 Å². The van der Waals surface area contributed by atoms with Gasteiger partial charge in [0.1, 0.15) is 11.5 Å². The van der Waals surface area contributed by atoms with E-state index in [0.717, 1.165) is 11.1 Å². The molecule has 0 radical (unpaired) electrons. The third kappa shape index (κ3) is 3.56. The van der Waals surface area contributed by atoms with E-state index in [1.807, 2.05) is 49.4 Å². The van der Waals surface area contributed by atoms with Crippen molar-refractivity contribution in [3.8, 4) is 11.5 Å². The lowest BCUT2D eigenvalue weighted by atomic mass is 10.1. The van der Waals surface area contributed by atoms with Crippen LogP contribution in [0.25, 0.3) is 0 Å². The Morgan fingerprint density at radius 3 is 2.42 bits per heavy atom. The van der Waals surface area contributed by atoms with Gasteiger partial charge in [-0.1, -0.05) is 31.2 Å². The number of rotatable bonds is 5. The maximum atomic E-state index is 9.71. The standard InChI is InChI=1S/C16H18O3/c1-2-16(18)13-6-8-14(9-7-13)19-15-5-3-4-12(10-15)11-17/h3-10,16-18H,2,11H2,1H3/t16-/m1/s1. The monoisotopic (exact) mass is 258 g/mol. The molecular weight excluding hydrogens is 240 g/mol. The molecule has 19 heavy (non-hydrogen) atoms. The van der Waals surface area contributed by atoms with E-state index in [1.165, 1.54) is 0 Å². The summed E-state index contributed by atoms with van der Waals surface area (Å²) in [6.45, 7) is 1.94. The van der Waals surface area contributed by atoms with Crippen molar-refractivity contribution in [3.05, 3.63) is 59.7 Å². The summed E-state index contributed by atoms with van der Waals surface area (Å²) in [7, 11) is 0. The molecule has 0 saturated heterocycles. The topological polar surface area (TPSA) is 49.7 Å². The lowest BCUT2D eigenvalue weighted by Crippen LogP contribution is -1.94. The average Bonchev–Trinajstić information content (AvgIpc) is 2.47. The van der Waals surface area contributed by atoms with Gasteiger partial charge in [0.2, 0.25) is 0 Å². The highest BCUT2D eigenvalue weighted by Gasteiger charge is 2.05. The van der Waals surface area contributed by atoms with Crippen LogP contribution in [0, 0.1) is 0 Å². The smallest absolute Gasteiger partial charge is 0.127 e. The second kappa shape index (κ2) is 6.36. The van der Waals surface area contributed by atoms with Crippen LogP contribution in [0.1, 0.15) is 30.6 Å². The zero-order valence-corrected chi connectivity index (χ0v) is 10.9. The molecule has 2 N–H and O–H groups in total. The predicted octanol–water partition coefficient (Wildman–Crippen LogP) is 3.41. The quantitative estimate of drug-likeness (QED) is 0.864. The number of benzene rings is 2. The highest BCUT2D eigenvalue weighted by atomic mass is 16.5. The van der Waals surface area contributed by atoms with Gasteiger partial charge in [-0.15, -0.1) is 0 Å². The zero-order chi connectivity index (χ0) is 13.7. The van der Waals surface area contributed by atoms with Crippen molar-refractivity contribution in [1.82, 2.24) is 0 Å². The normalized spacial score (nSPS) is 12.2. The molecule has 2 aromatic carbocycles. The fourth-order valence-corrected chi connectivity index (χ4v) is 1.84. The lowest BCUT2D eigenvalue weighted by Gasteiger charge is -2.10. The van der Waals surface area contributed by atoms with Crippen molar-refractivity contribution in [2.24, 2.45) is 0 Å². The fraction of sp³-hybridized carbons (Fsp3) is 0.250. The Morgan fingerprint density at radius 1 is 1.05 bits per heavy atom. The molecule has 0 aliphatic rings. The third-order valence-corrected chi connectivity index (χ3v) is 2.97. The number of aliphatic hydroxyl groups excluding tert-OH is 2. The van der Waals surface area contributed by atoms with Gasteiger partial charge >= 0.3 is 0 Å². The van der Waals surface area contributed by atoms with Gasteiger partial charge in [0.15, 0.2) is 0 Å².